The van der Waals surface area contributed by atoms with Gasteiger partial charge in [0.05, 0.1) is 11.0 Å². The number of benzene rings is 1. The summed E-state index contributed by atoms with van der Waals surface area (Å²) in [6.07, 6.45) is -7.64. The third kappa shape index (κ3) is 3.20. The van der Waals surface area contributed by atoms with Crippen LogP contribution in [0.1, 0.15) is 18.0 Å². The molecule has 1 aromatic rings. The van der Waals surface area contributed by atoms with Crippen LogP contribution in [-0.4, -0.2) is 23.2 Å². The van der Waals surface area contributed by atoms with Crippen molar-refractivity contribution >= 4 is 11.7 Å². The minimum atomic E-state index is -4.70. The quantitative estimate of drug-likeness (QED) is 0.516. The van der Waals surface area contributed by atoms with Gasteiger partial charge in [0.2, 0.25) is 0 Å². The molecule has 0 amide bonds. The first-order valence-electron chi connectivity index (χ1n) is 5.69. The van der Waals surface area contributed by atoms with Gasteiger partial charge in [-0.05, 0) is 6.07 Å². The highest BCUT2D eigenvalue weighted by Crippen LogP contribution is 2.37. The first kappa shape index (κ1) is 15.0. The van der Waals surface area contributed by atoms with E-state index in [0.717, 1.165) is 18.2 Å². The molecule has 1 aliphatic rings. The number of amidine groups is 1. The van der Waals surface area contributed by atoms with Crippen LogP contribution in [0.15, 0.2) is 23.2 Å². The van der Waals surface area contributed by atoms with E-state index < -0.39 is 47.2 Å². The highest BCUT2D eigenvalue weighted by molar-refractivity contribution is 5.72. The average molecular weight is 307 g/mol. The summed E-state index contributed by atoms with van der Waals surface area (Å²) in [5.74, 6) is -0.898. The Kier molecular flexibility index (Phi) is 3.71. The molecule has 1 aromatic carbocycles. The summed E-state index contributed by atoms with van der Waals surface area (Å²) in [5.41, 5.74) is 4.39. The maximum Gasteiger partial charge on any atom is 0.425 e. The summed E-state index contributed by atoms with van der Waals surface area (Å²) in [7, 11) is 0. The first-order chi connectivity index (χ1) is 9.68. The molecule has 0 aliphatic carbocycles. The zero-order valence-electron chi connectivity index (χ0n) is 10.3. The summed E-state index contributed by atoms with van der Waals surface area (Å²) in [6.45, 7) is 0. The predicted octanol–water partition coefficient (Wildman–Crippen LogP) is 2.44. The summed E-state index contributed by atoms with van der Waals surface area (Å²) < 4.78 is 56.1. The van der Waals surface area contributed by atoms with Gasteiger partial charge < -0.3 is 10.5 Å². The third-order valence-electron chi connectivity index (χ3n) is 2.90. The molecule has 21 heavy (non-hydrogen) atoms. The molecule has 0 saturated carbocycles. The van der Waals surface area contributed by atoms with Crippen LogP contribution in [0.5, 0.6) is 0 Å². The molecule has 6 nitrogen and oxygen atoms in total. The van der Waals surface area contributed by atoms with Crippen molar-refractivity contribution in [1.29, 1.82) is 0 Å². The number of alkyl halides is 3. The number of hydrogen-bond acceptors (Lipinski definition) is 5. The number of nitrogens with two attached hydrogens (primary N) is 1. The van der Waals surface area contributed by atoms with E-state index in [1.54, 1.807) is 0 Å². The Labute approximate surface area is 115 Å². The lowest BCUT2D eigenvalue weighted by atomic mass is 9.99. The standard InChI is InChI=1S/C11H9F4N3O3/c12-7-2-1-5(18(19)20)3-6(7)8-4-9(11(13,14)15)21-10(16)17-8/h1-3,8-9H,4H2,(H2,16,17). The molecule has 0 fully saturated rings. The fourth-order valence-corrected chi connectivity index (χ4v) is 1.93. The zero-order chi connectivity index (χ0) is 15.8. The van der Waals surface area contributed by atoms with Crippen molar-refractivity contribution in [2.24, 2.45) is 10.7 Å². The molecule has 10 heteroatoms. The highest BCUT2D eigenvalue weighted by atomic mass is 19.4. The van der Waals surface area contributed by atoms with Gasteiger partial charge in [0.1, 0.15) is 5.82 Å². The van der Waals surface area contributed by atoms with Crippen LogP contribution in [-0.2, 0) is 4.74 Å². The summed E-state index contributed by atoms with van der Waals surface area (Å²) in [4.78, 5) is 13.5. The molecular weight excluding hydrogens is 298 g/mol. The molecule has 2 atom stereocenters. The third-order valence-corrected chi connectivity index (χ3v) is 2.90. The van der Waals surface area contributed by atoms with Gasteiger partial charge in [0, 0.05) is 24.1 Å². The number of nitro groups is 1. The van der Waals surface area contributed by atoms with Gasteiger partial charge >= 0.3 is 6.18 Å². The second kappa shape index (κ2) is 5.19. The van der Waals surface area contributed by atoms with Gasteiger partial charge in [0.25, 0.3) is 11.7 Å². The van der Waals surface area contributed by atoms with E-state index in [9.17, 15) is 27.7 Å². The Morgan fingerprint density at radius 1 is 1.43 bits per heavy atom. The molecule has 2 N–H and O–H groups in total. The summed E-state index contributed by atoms with van der Waals surface area (Å²) >= 11 is 0. The van der Waals surface area contributed by atoms with Crippen LogP contribution < -0.4 is 5.73 Å². The minimum absolute atomic E-state index is 0.329. The Balaban J connectivity index is 2.39. The van der Waals surface area contributed by atoms with Crippen molar-refractivity contribution in [2.45, 2.75) is 24.7 Å². The number of rotatable bonds is 2. The van der Waals surface area contributed by atoms with E-state index in [4.69, 9.17) is 5.73 Å². The van der Waals surface area contributed by atoms with Crippen LogP contribution >= 0.6 is 0 Å². The number of aliphatic imine (C=N–C) groups is 1. The van der Waals surface area contributed by atoms with E-state index in [-0.39, 0.29) is 5.56 Å². The maximum atomic E-state index is 13.7. The SMILES string of the molecule is NC1=NC(c2cc([N+](=O)[O-])ccc2F)CC(C(F)(F)F)O1. The molecular formula is C11H9F4N3O3. The van der Waals surface area contributed by atoms with Crippen molar-refractivity contribution in [3.05, 3.63) is 39.7 Å². The molecule has 2 unspecified atom stereocenters. The molecule has 1 heterocycles. The van der Waals surface area contributed by atoms with Crippen molar-refractivity contribution in [3.63, 3.8) is 0 Å². The van der Waals surface area contributed by atoms with Crippen LogP contribution in [0.4, 0.5) is 23.2 Å². The van der Waals surface area contributed by atoms with Crippen molar-refractivity contribution in [1.82, 2.24) is 0 Å². The molecule has 0 radical (unpaired) electrons. The molecule has 114 valence electrons. The molecule has 0 bridgehead atoms. The van der Waals surface area contributed by atoms with Gasteiger partial charge in [-0.2, -0.15) is 13.2 Å². The zero-order valence-corrected chi connectivity index (χ0v) is 10.3. The number of non-ortho nitro benzene ring substituents is 1. The van der Waals surface area contributed by atoms with Crippen LogP contribution in [0.3, 0.4) is 0 Å². The number of ether oxygens (including phenoxy) is 1. The number of halogens is 4. The summed E-state index contributed by atoms with van der Waals surface area (Å²) in [5, 5.41) is 10.7. The van der Waals surface area contributed by atoms with Gasteiger partial charge in [-0.1, -0.05) is 0 Å². The maximum absolute atomic E-state index is 13.7. The Morgan fingerprint density at radius 2 is 2.10 bits per heavy atom. The summed E-state index contributed by atoms with van der Waals surface area (Å²) in [6, 6.07) is 0.518. The Hall–Kier alpha value is -2.39. The molecule has 0 saturated heterocycles. The second-order valence-electron chi connectivity index (χ2n) is 4.33. The molecule has 0 aromatic heterocycles. The molecule has 2 rings (SSSR count). The van der Waals surface area contributed by atoms with Gasteiger partial charge in [-0.15, -0.1) is 0 Å². The fraction of sp³-hybridized carbons (Fsp3) is 0.364. The number of nitro benzene ring substituents is 1. The largest absolute Gasteiger partial charge is 0.452 e. The Morgan fingerprint density at radius 3 is 2.67 bits per heavy atom. The Bertz CT molecular complexity index is 603. The van der Waals surface area contributed by atoms with Crippen LogP contribution in [0.25, 0.3) is 0 Å². The molecule has 0 spiro atoms. The lowest BCUT2D eigenvalue weighted by Crippen LogP contribution is -2.40. The van der Waals surface area contributed by atoms with Gasteiger partial charge in [-0.25, -0.2) is 9.38 Å². The first-order valence-corrected chi connectivity index (χ1v) is 5.69. The lowest BCUT2D eigenvalue weighted by Gasteiger charge is -2.28. The van der Waals surface area contributed by atoms with Gasteiger partial charge in [-0.3, -0.25) is 10.1 Å². The lowest BCUT2D eigenvalue weighted by molar-refractivity contribution is -0.385. The van der Waals surface area contributed by atoms with Crippen molar-refractivity contribution < 1.29 is 27.2 Å². The predicted molar refractivity (Wildman–Crippen MR) is 63.0 cm³/mol. The van der Waals surface area contributed by atoms with E-state index in [0.29, 0.717) is 0 Å². The topological polar surface area (TPSA) is 90.8 Å². The number of nitrogens with zero attached hydrogens (tertiary/aromatic N) is 2. The molecule has 1 aliphatic heterocycles. The fourth-order valence-electron chi connectivity index (χ4n) is 1.93. The van der Waals surface area contributed by atoms with Crippen molar-refractivity contribution in [3.8, 4) is 0 Å². The van der Waals surface area contributed by atoms with Crippen LogP contribution in [0.2, 0.25) is 0 Å². The van der Waals surface area contributed by atoms with E-state index in [1.807, 2.05) is 0 Å². The highest BCUT2D eigenvalue weighted by Gasteiger charge is 2.46. The smallest absolute Gasteiger partial charge is 0.425 e. The minimum Gasteiger partial charge on any atom is -0.452 e. The van der Waals surface area contributed by atoms with Crippen LogP contribution in [0, 0.1) is 15.9 Å². The van der Waals surface area contributed by atoms with E-state index >= 15 is 0 Å². The second-order valence-corrected chi connectivity index (χ2v) is 4.33. The normalized spacial score (nSPS) is 22.4. The van der Waals surface area contributed by atoms with Gasteiger partial charge in [0.15, 0.2) is 6.10 Å². The number of hydrogen-bond donors (Lipinski definition) is 1. The van der Waals surface area contributed by atoms with E-state index in [2.05, 4.69) is 9.73 Å². The average Bonchev–Trinajstić information content (AvgIpc) is 2.37. The van der Waals surface area contributed by atoms with E-state index in [1.165, 1.54) is 0 Å². The monoisotopic (exact) mass is 307 g/mol. The van der Waals surface area contributed by atoms with Crippen molar-refractivity contribution in [2.75, 3.05) is 0 Å².